The van der Waals surface area contributed by atoms with E-state index in [0.29, 0.717) is 14.3 Å². The topological polar surface area (TPSA) is 83.5 Å². The van der Waals surface area contributed by atoms with E-state index in [-0.39, 0.29) is 9.77 Å². The van der Waals surface area contributed by atoms with Crippen molar-refractivity contribution in [1.29, 1.82) is 0 Å². The second-order valence-corrected chi connectivity index (χ2v) is 7.87. The van der Waals surface area contributed by atoms with Crippen LogP contribution < -0.4 is 4.72 Å². The molecule has 0 unspecified atom stereocenters. The van der Waals surface area contributed by atoms with Crippen LogP contribution in [0, 0.1) is 3.57 Å². The number of aromatic carboxylic acids is 1. The summed E-state index contributed by atoms with van der Waals surface area (Å²) in [7, 11) is -3.81. The van der Waals surface area contributed by atoms with Crippen LogP contribution in [0.2, 0.25) is 5.02 Å². The molecule has 9 heteroatoms. The van der Waals surface area contributed by atoms with E-state index in [1.54, 1.807) is 18.2 Å². The van der Waals surface area contributed by atoms with Crippen molar-refractivity contribution in [1.82, 2.24) is 0 Å². The zero-order chi connectivity index (χ0) is 14.9. The first-order chi connectivity index (χ1) is 9.29. The predicted octanol–water partition coefficient (Wildman–Crippen LogP) is 3.51. The largest absolute Gasteiger partial charge is 0.477 e. The maximum atomic E-state index is 12.1. The number of carboxylic acid groups (broad SMARTS) is 1. The molecule has 0 amide bonds. The van der Waals surface area contributed by atoms with Crippen LogP contribution in [0.1, 0.15) is 9.67 Å². The Morgan fingerprint density at radius 1 is 1.35 bits per heavy atom. The molecule has 2 rings (SSSR count). The van der Waals surface area contributed by atoms with Gasteiger partial charge in [-0.3, -0.25) is 4.72 Å². The fraction of sp³-hybridized carbons (Fsp3) is 0. The Hall–Kier alpha value is -0.840. The SMILES string of the molecule is O=C(O)c1cc(S(=O)(=O)Nc2ccc(Cl)cc2I)cs1. The Kier molecular flexibility index (Phi) is 4.57. The average molecular weight is 444 g/mol. The highest BCUT2D eigenvalue weighted by molar-refractivity contribution is 14.1. The van der Waals surface area contributed by atoms with Gasteiger partial charge < -0.3 is 5.11 Å². The standard InChI is InChI=1S/C11H7ClINO4S2/c12-6-1-2-9(8(13)3-6)14-20(17,18)7-4-10(11(15)16)19-5-7/h1-5,14H,(H,15,16). The summed E-state index contributed by atoms with van der Waals surface area (Å²) in [5.74, 6) is -1.16. The third-order valence-electron chi connectivity index (χ3n) is 2.27. The van der Waals surface area contributed by atoms with Crippen LogP contribution in [-0.4, -0.2) is 19.5 Å². The number of nitrogens with one attached hydrogen (secondary N) is 1. The minimum absolute atomic E-state index is 0.0313. The van der Waals surface area contributed by atoms with Crippen LogP contribution in [0.4, 0.5) is 5.69 Å². The quantitative estimate of drug-likeness (QED) is 0.709. The van der Waals surface area contributed by atoms with E-state index in [1.165, 1.54) is 5.38 Å². The van der Waals surface area contributed by atoms with Gasteiger partial charge in [-0.05, 0) is 46.9 Å². The molecule has 0 bridgehead atoms. The van der Waals surface area contributed by atoms with E-state index < -0.39 is 16.0 Å². The number of benzene rings is 1. The van der Waals surface area contributed by atoms with Crippen molar-refractivity contribution in [2.24, 2.45) is 0 Å². The molecule has 0 aliphatic carbocycles. The van der Waals surface area contributed by atoms with Crippen LogP contribution in [0.15, 0.2) is 34.5 Å². The Labute approximate surface area is 137 Å². The van der Waals surface area contributed by atoms with Gasteiger partial charge in [0.25, 0.3) is 10.0 Å². The third kappa shape index (κ3) is 3.43. The molecule has 1 aromatic heterocycles. The summed E-state index contributed by atoms with van der Waals surface area (Å²) in [5, 5.41) is 10.6. The molecule has 0 fully saturated rings. The van der Waals surface area contributed by atoms with Crippen molar-refractivity contribution < 1.29 is 18.3 Å². The normalized spacial score (nSPS) is 11.3. The van der Waals surface area contributed by atoms with Gasteiger partial charge >= 0.3 is 5.97 Å². The van der Waals surface area contributed by atoms with Crippen molar-refractivity contribution in [3.8, 4) is 0 Å². The molecule has 5 nitrogen and oxygen atoms in total. The summed E-state index contributed by atoms with van der Waals surface area (Å²) in [6.45, 7) is 0. The number of rotatable bonds is 4. The number of thiophene rings is 1. The highest BCUT2D eigenvalue weighted by atomic mass is 127. The van der Waals surface area contributed by atoms with Gasteiger partial charge in [0.2, 0.25) is 0 Å². The van der Waals surface area contributed by atoms with Crippen molar-refractivity contribution in [2.75, 3.05) is 4.72 Å². The minimum Gasteiger partial charge on any atom is -0.477 e. The van der Waals surface area contributed by atoms with E-state index in [9.17, 15) is 13.2 Å². The van der Waals surface area contributed by atoms with Crippen LogP contribution in [0.25, 0.3) is 0 Å². The molecule has 0 aliphatic heterocycles. The number of carbonyl (C=O) groups is 1. The van der Waals surface area contributed by atoms with Crippen molar-refractivity contribution in [2.45, 2.75) is 4.90 Å². The van der Waals surface area contributed by atoms with Crippen molar-refractivity contribution in [3.63, 3.8) is 0 Å². The second kappa shape index (κ2) is 5.88. The molecule has 2 aromatic rings. The average Bonchev–Trinajstić information content (AvgIpc) is 2.83. The molecule has 106 valence electrons. The molecule has 2 N–H and O–H groups in total. The number of hydrogen-bond donors (Lipinski definition) is 2. The van der Waals surface area contributed by atoms with Crippen LogP contribution in [-0.2, 0) is 10.0 Å². The summed E-state index contributed by atoms with van der Waals surface area (Å²) in [6, 6.07) is 5.86. The monoisotopic (exact) mass is 443 g/mol. The molecule has 0 atom stereocenters. The van der Waals surface area contributed by atoms with E-state index in [2.05, 4.69) is 4.72 Å². The molecule has 20 heavy (non-hydrogen) atoms. The smallest absolute Gasteiger partial charge is 0.345 e. The van der Waals surface area contributed by atoms with Gasteiger partial charge in [0, 0.05) is 14.0 Å². The molecule has 0 radical (unpaired) electrons. The summed E-state index contributed by atoms with van der Waals surface area (Å²) < 4.78 is 27.3. The van der Waals surface area contributed by atoms with E-state index in [4.69, 9.17) is 16.7 Å². The lowest BCUT2D eigenvalue weighted by Gasteiger charge is -2.08. The molecular weight excluding hydrogens is 437 g/mol. The molecule has 0 saturated heterocycles. The fourth-order valence-corrected chi connectivity index (χ4v) is 4.73. The number of carboxylic acids is 1. The predicted molar refractivity (Wildman–Crippen MR) is 86.3 cm³/mol. The number of anilines is 1. The lowest BCUT2D eigenvalue weighted by Crippen LogP contribution is -2.13. The summed E-state index contributed by atoms with van der Waals surface area (Å²) in [5.41, 5.74) is 0.387. The highest BCUT2D eigenvalue weighted by Gasteiger charge is 2.19. The van der Waals surface area contributed by atoms with Gasteiger partial charge in [-0.1, -0.05) is 11.6 Å². The number of halogens is 2. The zero-order valence-corrected chi connectivity index (χ0v) is 14.2. The Bertz CT molecular complexity index is 772. The van der Waals surface area contributed by atoms with E-state index in [1.807, 2.05) is 22.6 Å². The molecule has 1 aromatic carbocycles. The van der Waals surface area contributed by atoms with Gasteiger partial charge in [-0.15, -0.1) is 11.3 Å². The minimum atomic E-state index is -3.81. The first-order valence-corrected chi connectivity index (χ1v) is 8.91. The van der Waals surface area contributed by atoms with Gasteiger partial charge in [-0.25, -0.2) is 13.2 Å². The first kappa shape index (κ1) is 15.5. The summed E-state index contributed by atoms with van der Waals surface area (Å²) >= 11 is 8.62. The van der Waals surface area contributed by atoms with Crippen LogP contribution in [0.5, 0.6) is 0 Å². The maximum Gasteiger partial charge on any atom is 0.345 e. The van der Waals surface area contributed by atoms with Gasteiger partial charge in [0.05, 0.1) is 10.6 Å². The Morgan fingerprint density at radius 2 is 2.05 bits per heavy atom. The van der Waals surface area contributed by atoms with Gasteiger partial charge in [0.1, 0.15) is 4.88 Å². The second-order valence-electron chi connectivity index (χ2n) is 3.68. The fourth-order valence-electron chi connectivity index (χ4n) is 1.35. The lowest BCUT2D eigenvalue weighted by atomic mass is 10.3. The van der Waals surface area contributed by atoms with Gasteiger partial charge in [0.15, 0.2) is 0 Å². The summed E-state index contributed by atoms with van der Waals surface area (Å²) in [6.07, 6.45) is 0. The Morgan fingerprint density at radius 3 is 2.60 bits per heavy atom. The van der Waals surface area contributed by atoms with Crippen LogP contribution >= 0.6 is 45.5 Å². The molecule has 0 spiro atoms. The van der Waals surface area contributed by atoms with Crippen LogP contribution in [0.3, 0.4) is 0 Å². The third-order valence-corrected chi connectivity index (χ3v) is 5.81. The first-order valence-electron chi connectivity index (χ1n) is 5.09. The molecule has 1 heterocycles. The molecule has 0 saturated carbocycles. The zero-order valence-electron chi connectivity index (χ0n) is 9.63. The number of sulfonamides is 1. The summed E-state index contributed by atoms with van der Waals surface area (Å²) in [4.78, 5) is 10.7. The molecule has 0 aliphatic rings. The lowest BCUT2D eigenvalue weighted by molar-refractivity contribution is 0.0702. The maximum absolute atomic E-state index is 12.1. The van der Waals surface area contributed by atoms with E-state index in [0.717, 1.165) is 17.4 Å². The Balaban J connectivity index is 2.33. The molecular formula is C11H7ClINO4S2. The highest BCUT2D eigenvalue weighted by Crippen LogP contribution is 2.26. The number of hydrogen-bond acceptors (Lipinski definition) is 4. The van der Waals surface area contributed by atoms with Gasteiger partial charge in [-0.2, -0.15) is 0 Å². The van der Waals surface area contributed by atoms with E-state index >= 15 is 0 Å². The van der Waals surface area contributed by atoms with Crippen molar-refractivity contribution >= 4 is 67.2 Å². The van der Waals surface area contributed by atoms with Crippen molar-refractivity contribution in [3.05, 3.63) is 43.1 Å².